The van der Waals surface area contributed by atoms with E-state index in [4.69, 9.17) is 0 Å². The standard InChI is InChI=1S/C14H18O/c1-9-5-3-6-10(2)13(9)14(15)11-7-4-8-12(11)14/h3,5-6,11-12,15H,4,7-8H2,1-2H3. The Labute approximate surface area is 91.1 Å². The van der Waals surface area contributed by atoms with Gasteiger partial charge in [0.25, 0.3) is 0 Å². The van der Waals surface area contributed by atoms with Crippen LogP contribution in [0.2, 0.25) is 0 Å². The Morgan fingerprint density at radius 1 is 1.13 bits per heavy atom. The lowest BCUT2D eigenvalue weighted by molar-refractivity contribution is 0.104. The zero-order valence-electron chi connectivity index (χ0n) is 9.46. The Balaban J connectivity index is 2.07. The molecule has 15 heavy (non-hydrogen) atoms. The lowest BCUT2D eigenvalue weighted by Crippen LogP contribution is -2.16. The topological polar surface area (TPSA) is 20.2 Å². The van der Waals surface area contributed by atoms with Crippen LogP contribution < -0.4 is 0 Å². The summed E-state index contributed by atoms with van der Waals surface area (Å²) < 4.78 is 0. The molecule has 2 aliphatic carbocycles. The van der Waals surface area contributed by atoms with Gasteiger partial charge in [-0.3, -0.25) is 0 Å². The first-order valence-corrected chi connectivity index (χ1v) is 5.94. The van der Waals surface area contributed by atoms with Gasteiger partial charge in [-0.15, -0.1) is 0 Å². The summed E-state index contributed by atoms with van der Waals surface area (Å²) in [6.07, 6.45) is 3.74. The molecule has 2 saturated carbocycles. The van der Waals surface area contributed by atoms with Gasteiger partial charge < -0.3 is 5.11 Å². The van der Waals surface area contributed by atoms with Gasteiger partial charge in [0.05, 0.1) is 5.60 Å². The van der Waals surface area contributed by atoms with E-state index in [2.05, 4.69) is 32.0 Å². The predicted octanol–water partition coefficient (Wildman–Crippen LogP) is 2.92. The van der Waals surface area contributed by atoms with E-state index in [1.54, 1.807) is 0 Å². The van der Waals surface area contributed by atoms with Crippen LogP contribution in [-0.4, -0.2) is 5.11 Å². The molecule has 80 valence electrons. The van der Waals surface area contributed by atoms with Crippen molar-refractivity contribution in [1.82, 2.24) is 0 Å². The van der Waals surface area contributed by atoms with Crippen LogP contribution in [0.25, 0.3) is 0 Å². The van der Waals surface area contributed by atoms with Crippen LogP contribution in [0.3, 0.4) is 0 Å². The minimum atomic E-state index is -0.465. The monoisotopic (exact) mass is 202 g/mol. The second-order valence-electron chi connectivity index (χ2n) is 5.24. The van der Waals surface area contributed by atoms with Gasteiger partial charge in [0.15, 0.2) is 0 Å². The summed E-state index contributed by atoms with van der Waals surface area (Å²) >= 11 is 0. The molecule has 0 bridgehead atoms. The highest BCUT2D eigenvalue weighted by atomic mass is 16.3. The van der Waals surface area contributed by atoms with Gasteiger partial charge >= 0.3 is 0 Å². The van der Waals surface area contributed by atoms with Gasteiger partial charge in [-0.25, -0.2) is 0 Å². The van der Waals surface area contributed by atoms with E-state index in [1.807, 2.05) is 0 Å². The largest absolute Gasteiger partial charge is 0.385 e. The molecule has 0 aliphatic heterocycles. The van der Waals surface area contributed by atoms with Crippen molar-refractivity contribution in [2.45, 2.75) is 38.7 Å². The normalized spacial score (nSPS) is 37.8. The molecule has 0 amide bonds. The Bertz CT molecular complexity index is 378. The van der Waals surface area contributed by atoms with Crippen molar-refractivity contribution in [3.05, 3.63) is 34.9 Å². The minimum absolute atomic E-state index is 0.465. The molecule has 1 nitrogen and oxygen atoms in total. The molecular weight excluding hydrogens is 184 g/mol. The van der Waals surface area contributed by atoms with Crippen molar-refractivity contribution < 1.29 is 5.11 Å². The van der Waals surface area contributed by atoms with Crippen LogP contribution >= 0.6 is 0 Å². The van der Waals surface area contributed by atoms with Gasteiger partial charge in [-0.05, 0) is 55.2 Å². The van der Waals surface area contributed by atoms with Crippen molar-refractivity contribution >= 4 is 0 Å². The average molecular weight is 202 g/mol. The number of hydrogen-bond acceptors (Lipinski definition) is 1. The van der Waals surface area contributed by atoms with Crippen LogP contribution in [0.1, 0.15) is 36.0 Å². The molecule has 0 heterocycles. The Morgan fingerprint density at radius 3 is 2.20 bits per heavy atom. The summed E-state index contributed by atoms with van der Waals surface area (Å²) in [5.41, 5.74) is 3.27. The third-order valence-electron chi connectivity index (χ3n) is 4.42. The molecule has 2 atom stereocenters. The van der Waals surface area contributed by atoms with Crippen molar-refractivity contribution in [3.63, 3.8) is 0 Å². The molecule has 1 N–H and O–H groups in total. The van der Waals surface area contributed by atoms with Crippen LogP contribution in [0.5, 0.6) is 0 Å². The second-order valence-corrected chi connectivity index (χ2v) is 5.24. The molecule has 0 spiro atoms. The summed E-state index contributed by atoms with van der Waals surface area (Å²) in [7, 11) is 0. The lowest BCUT2D eigenvalue weighted by Gasteiger charge is -2.19. The maximum Gasteiger partial charge on any atom is 0.0965 e. The van der Waals surface area contributed by atoms with E-state index < -0.39 is 5.60 Å². The number of aryl methyl sites for hydroxylation is 2. The third-order valence-corrected chi connectivity index (χ3v) is 4.42. The van der Waals surface area contributed by atoms with Gasteiger partial charge in [0.2, 0.25) is 0 Å². The van der Waals surface area contributed by atoms with Gasteiger partial charge in [-0.1, -0.05) is 24.6 Å². The summed E-state index contributed by atoms with van der Waals surface area (Å²) in [4.78, 5) is 0. The fourth-order valence-electron chi connectivity index (χ4n) is 3.74. The maximum absolute atomic E-state index is 10.7. The van der Waals surface area contributed by atoms with Crippen LogP contribution in [0.4, 0.5) is 0 Å². The van der Waals surface area contributed by atoms with E-state index in [9.17, 15) is 5.11 Å². The van der Waals surface area contributed by atoms with E-state index in [1.165, 1.54) is 36.0 Å². The van der Waals surface area contributed by atoms with E-state index >= 15 is 0 Å². The molecule has 2 unspecified atom stereocenters. The van der Waals surface area contributed by atoms with E-state index in [0.29, 0.717) is 11.8 Å². The Hall–Kier alpha value is -0.820. The molecule has 2 aliphatic rings. The van der Waals surface area contributed by atoms with Crippen molar-refractivity contribution in [2.75, 3.05) is 0 Å². The summed E-state index contributed by atoms with van der Waals surface area (Å²) in [5.74, 6) is 1.11. The highest BCUT2D eigenvalue weighted by Gasteiger charge is 2.66. The zero-order chi connectivity index (χ0) is 10.6. The number of fused-ring (bicyclic) bond motifs is 1. The maximum atomic E-state index is 10.7. The highest BCUT2D eigenvalue weighted by molar-refractivity contribution is 5.44. The Kier molecular flexibility index (Phi) is 1.79. The second kappa shape index (κ2) is 2.85. The Morgan fingerprint density at radius 2 is 1.67 bits per heavy atom. The quantitative estimate of drug-likeness (QED) is 0.742. The first-order chi connectivity index (χ1) is 7.15. The molecule has 2 fully saturated rings. The molecule has 0 aromatic heterocycles. The zero-order valence-corrected chi connectivity index (χ0v) is 9.46. The van der Waals surface area contributed by atoms with Gasteiger partial charge in [0, 0.05) is 0 Å². The third kappa shape index (κ3) is 1.07. The van der Waals surface area contributed by atoms with E-state index in [0.717, 1.165) is 0 Å². The molecule has 0 saturated heterocycles. The summed E-state index contributed by atoms with van der Waals surface area (Å²) in [6.45, 7) is 4.24. The number of rotatable bonds is 1. The SMILES string of the molecule is Cc1cccc(C)c1C1(O)C2CCCC21. The van der Waals surface area contributed by atoms with Crippen LogP contribution in [0.15, 0.2) is 18.2 Å². The average Bonchev–Trinajstić information content (AvgIpc) is 2.63. The van der Waals surface area contributed by atoms with Crippen molar-refractivity contribution in [1.29, 1.82) is 0 Å². The first-order valence-electron chi connectivity index (χ1n) is 5.94. The minimum Gasteiger partial charge on any atom is -0.385 e. The van der Waals surface area contributed by atoms with Gasteiger partial charge in [0.1, 0.15) is 0 Å². The smallest absolute Gasteiger partial charge is 0.0965 e. The molecule has 3 rings (SSSR count). The molecule has 0 radical (unpaired) electrons. The molecule has 1 aromatic carbocycles. The summed E-state index contributed by atoms with van der Waals surface area (Å²) in [5, 5.41) is 10.7. The fraction of sp³-hybridized carbons (Fsp3) is 0.571. The van der Waals surface area contributed by atoms with Crippen LogP contribution in [-0.2, 0) is 5.60 Å². The van der Waals surface area contributed by atoms with Gasteiger partial charge in [-0.2, -0.15) is 0 Å². The molecule has 1 heteroatoms. The van der Waals surface area contributed by atoms with Crippen molar-refractivity contribution in [2.24, 2.45) is 11.8 Å². The molecular formula is C14H18O. The number of aliphatic hydroxyl groups is 1. The fourth-order valence-corrected chi connectivity index (χ4v) is 3.74. The lowest BCUT2D eigenvalue weighted by atomic mass is 9.91. The van der Waals surface area contributed by atoms with Crippen LogP contribution in [0, 0.1) is 25.7 Å². The van der Waals surface area contributed by atoms with Crippen molar-refractivity contribution in [3.8, 4) is 0 Å². The summed E-state index contributed by atoms with van der Waals surface area (Å²) in [6, 6.07) is 6.32. The molecule has 1 aromatic rings. The first kappa shape index (κ1) is 9.41. The number of benzene rings is 1. The van der Waals surface area contributed by atoms with E-state index in [-0.39, 0.29) is 0 Å². The predicted molar refractivity (Wildman–Crippen MR) is 60.6 cm³/mol. The number of hydrogen-bond donors (Lipinski definition) is 1. The highest BCUT2D eigenvalue weighted by Crippen LogP contribution is 2.67.